The second kappa shape index (κ2) is 6.61. The average Bonchev–Trinajstić information content (AvgIpc) is 2.75. The minimum absolute atomic E-state index is 0.0208. The molecule has 2 heterocycles. The minimum atomic E-state index is -0.0208. The van der Waals surface area contributed by atoms with E-state index in [1.165, 1.54) is 31.2 Å². The van der Waals surface area contributed by atoms with Crippen molar-refractivity contribution in [1.29, 1.82) is 0 Å². The van der Waals surface area contributed by atoms with E-state index >= 15 is 0 Å². The molecule has 21 heavy (non-hydrogen) atoms. The Morgan fingerprint density at radius 3 is 2.71 bits per heavy atom. The number of fused-ring (bicyclic) bond motifs is 2. The second-order valence-corrected chi connectivity index (χ2v) is 6.30. The molecule has 0 radical (unpaired) electrons. The summed E-state index contributed by atoms with van der Waals surface area (Å²) in [5, 5.41) is 0. The number of carbonyl (C=O) groups is 1. The monoisotopic (exact) mass is 287 g/mol. The number of ether oxygens (including phenoxy) is 1. The van der Waals surface area contributed by atoms with Crippen molar-refractivity contribution < 1.29 is 9.53 Å². The van der Waals surface area contributed by atoms with Crippen molar-refractivity contribution in [2.75, 3.05) is 6.61 Å². The van der Waals surface area contributed by atoms with E-state index in [0.717, 1.165) is 6.54 Å². The van der Waals surface area contributed by atoms with Crippen LogP contribution >= 0.6 is 0 Å². The summed E-state index contributed by atoms with van der Waals surface area (Å²) in [6.45, 7) is 3.40. The smallest absolute Gasteiger partial charge is 0.306 e. The fourth-order valence-electron chi connectivity index (χ4n) is 4.09. The van der Waals surface area contributed by atoms with Crippen LogP contribution in [-0.4, -0.2) is 29.6 Å². The largest absolute Gasteiger partial charge is 0.466 e. The Bertz CT molecular complexity index is 473. The molecule has 0 spiro atoms. The lowest BCUT2D eigenvalue weighted by Gasteiger charge is -2.40. The molecule has 0 aromatic heterocycles. The van der Waals surface area contributed by atoms with Crippen LogP contribution in [0.25, 0.3) is 0 Å². The van der Waals surface area contributed by atoms with Crippen molar-refractivity contribution in [2.45, 2.75) is 57.7 Å². The number of piperidine rings is 1. The maximum Gasteiger partial charge on any atom is 0.306 e. The number of carbonyl (C=O) groups excluding carboxylic acids is 1. The lowest BCUT2D eigenvalue weighted by atomic mass is 9.87. The predicted molar refractivity (Wildman–Crippen MR) is 82.8 cm³/mol. The molecule has 2 aliphatic heterocycles. The molecule has 0 saturated carbocycles. The molecule has 2 fully saturated rings. The molecule has 0 amide bonds. The van der Waals surface area contributed by atoms with Gasteiger partial charge in [0.1, 0.15) is 0 Å². The van der Waals surface area contributed by atoms with Gasteiger partial charge in [-0.25, -0.2) is 0 Å². The van der Waals surface area contributed by atoms with Crippen molar-refractivity contribution in [1.82, 2.24) is 4.90 Å². The van der Waals surface area contributed by atoms with Gasteiger partial charge in [-0.1, -0.05) is 30.3 Å². The van der Waals surface area contributed by atoms with E-state index in [4.69, 9.17) is 4.74 Å². The van der Waals surface area contributed by atoms with E-state index in [-0.39, 0.29) is 5.97 Å². The number of hydrogen-bond acceptors (Lipinski definition) is 3. The van der Waals surface area contributed by atoms with Gasteiger partial charge >= 0.3 is 5.97 Å². The lowest BCUT2D eigenvalue weighted by Crippen LogP contribution is -2.44. The summed E-state index contributed by atoms with van der Waals surface area (Å²) < 4.78 is 5.15. The van der Waals surface area contributed by atoms with Crippen LogP contribution in [0.15, 0.2) is 30.3 Å². The summed E-state index contributed by atoms with van der Waals surface area (Å²) in [6, 6.07) is 12.0. The molecule has 2 aliphatic rings. The van der Waals surface area contributed by atoms with Gasteiger partial charge in [0.05, 0.1) is 6.61 Å². The van der Waals surface area contributed by atoms with Gasteiger partial charge in [0.25, 0.3) is 0 Å². The Morgan fingerprint density at radius 2 is 1.95 bits per heavy atom. The topological polar surface area (TPSA) is 29.5 Å². The summed E-state index contributed by atoms with van der Waals surface area (Å²) in [4.78, 5) is 14.5. The highest BCUT2D eigenvalue weighted by molar-refractivity contribution is 5.69. The Balaban J connectivity index is 1.66. The van der Waals surface area contributed by atoms with Crippen molar-refractivity contribution in [2.24, 2.45) is 5.92 Å². The number of rotatable bonds is 5. The quantitative estimate of drug-likeness (QED) is 0.778. The molecule has 2 unspecified atom stereocenters. The van der Waals surface area contributed by atoms with Crippen LogP contribution in [0.4, 0.5) is 0 Å². The SMILES string of the molecule is CCOC(=O)C[C@@H]1CCC2CCC1N2Cc1ccccc1. The van der Waals surface area contributed by atoms with Crippen LogP contribution in [0.3, 0.4) is 0 Å². The van der Waals surface area contributed by atoms with E-state index in [0.29, 0.717) is 31.0 Å². The van der Waals surface area contributed by atoms with E-state index in [1.54, 1.807) is 0 Å². The van der Waals surface area contributed by atoms with Crippen molar-refractivity contribution in [3.63, 3.8) is 0 Å². The molecule has 3 atom stereocenters. The van der Waals surface area contributed by atoms with Crippen LogP contribution < -0.4 is 0 Å². The lowest BCUT2D eigenvalue weighted by molar-refractivity contribution is -0.145. The first-order valence-corrected chi connectivity index (χ1v) is 8.23. The first-order chi connectivity index (χ1) is 10.3. The average molecular weight is 287 g/mol. The Hall–Kier alpha value is -1.35. The van der Waals surface area contributed by atoms with Crippen LogP contribution in [0.2, 0.25) is 0 Å². The molecule has 2 saturated heterocycles. The summed E-state index contributed by atoms with van der Waals surface area (Å²) in [5.41, 5.74) is 1.38. The molecule has 1 aromatic rings. The molecular weight excluding hydrogens is 262 g/mol. The molecule has 0 aliphatic carbocycles. The van der Waals surface area contributed by atoms with E-state index < -0.39 is 0 Å². The number of esters is 1. The summed E-state index contributed by atoms with van der Waals surface area (Å²) in [5.74, 6) is 0.457. The number of nitrogens with zero attached hydrogens (tertiary/aromatic N) is 1. The van der Waals surface area contributed by atoms with E-state index in [9.17, 15) is 4.79 Å². The van der Waals surface area contributed by atoms with Crippen LogP contribution in [0.5, 0.6) is 0 Å². The summed E-state index contributed by atoms with van der Waals surface area (Å²) >= 11 is 0. The van der Waals surface area contributed by atoms with Crippen LogP contribution in [0.1, 0.15) is 44.6 Å². The summed E-state index contributed by atoms with van der Waals surface area (Å²) in [7, 11) is 0. The molecule has 0 N–H and O–H groups in total. The predicted octanol–water partition coefficient (Wildman–Crippen LogP) is 3.38. The highest BCUT2D eigenvalue weighted by Crippen LogP contribution is 2.41. The zero-order chi connectivity index (χ0) is 14.7. The first-order valence-electron chi connectivity index (χ1n) is 8.23. The van der Waals surface area contributed by atoms with Crippen LogP contribution in [-0.2, 0) is 16.1 Å². The van der Waals surface area contributed by atoms with Crippen molar-refractivity contribution in [3.8, 4) is 0 Å². The second-order valence-electron chi connectivity index (χ2n) is 6.30. The molecule has 1 aromatic carbocycles. The van der Waals surface area contributed by atoms with Gasteiger partial charge in [0, 0.05) is 25.0 Å². The third-order valence-electron chi connectivity index (χ3n) is 5.05. The number of benzene rings is 1. The molecule has 114 valence electrons. The molecule has 3 rings (SSSR count). The van der Waals surface area contributed by atoms with Gasteiger partial charge in [-0.3, -0.25) is 9.69 Å². The fraction of sp³-hybridized carbons (Fsp3) is 0.611. The minimum Gasteiger partial charge on any atom is -0.466 e. The Morgan fingerprint density at radius 1 is 1.19 bits per heavy atom. The van der Waals surface area contributed by atoms with E-state index in [2.05, 4.69) is 35.2 Å². The van der Waals surface area contributed by atoms with Crippen molar-refractivity contribution in [3.05, 3.63) is 35.9 Å². The highest BCUT2D eigenvalue weighted by atomic mass is 16.5. The fourth-order valence-corrected chi connectivity index (χ4v) is 4.09. The maximum absolute atomic E-state index is 11.8. The molecular formula is C18H25NO2. The van der Waals surface area contributed by atoms with Gasteiger partial charge in [0.2, 0.25) is 0 Å². The zero-order valence-corrected chi connectivity index (χ0v) is 12.8. The zero-order valence-electron chi connectivity index (χ0n) is 12.8. The standard InChI is InChI=1S/C18H25NO2/c1-2-21-18(20)12-15-8-9-16-10-11-17(15)19(16)13-14-6-4-3-5-7-14/h3-7,15-17H,2,8-13H2,1H3/t15-,16?,17?/m0/s1. The Labute approximate surface area is 127 Å². The van der Waals surface area contributed by atoms with Gasteiger partial charge in [-0.2, -0.15) is 0 Å². The van der Waals surface area contributed by atoms with Crippen molar-refractivity contribution >= 4 is 5.97 Å². The third-order valence-corrected chi connectivity index (χ3v) is 5.05. The Kier molecular flexibility index (Phi) is 4.59. The van der Waals surface area contributed by atoms with Gasteiger partial charge in [-0.05, 0) is 44.1 Å². The maximum atomic E-state index is 11.8. The van der Waals surface area contributed by atoms with Gasteiger partial charge < -0.3 is 4.74 Å². The summed E-state index contributed by atoms with van der Waals surface area (Å²) in [6.07, 6.45) is 5.53. The number of hydrogen-bond donors (Lipinski definition) is 0. The molecule has 2 bridgehead atoms. The van der Waals surface area contributed by atoms with E-state index in [1.807, 2.05) is 6.92 Å². The molecule has 3 nitrogen and oxygen atoms in total. The first kappa shape index (κ1) is 14.6. The highest BCUT2D eigenvalue weighted by Gasteiger charge is 2.42. The van der Waals surface area contributed by atoms with Gasteiger partial charge in [-0.15, -0.1) is 0 Å². The molecule has 3 heteroatoms. The third kappa shape index (κ3) is 3.29. The van der Waals surface area contributed by atoms with Crippen LogP contribution in [0, 0.1) is 5.92 Å². The van der Waals surface area contributed by atoms with Gasteiger partial charge in [0.15, 0.2) is 0 Å². The normalized spacial score (nSPS) is 28.5.